The third-order valence-electron chi connectivity index (χ3n) is 5.90. The zero-order valence-electron chi connectivity index (χ0n) is 20.5. The van der Waals surface area contributed by atoms with E-state index in [9.17, 15) is 21.6 Å². The Morgan fingerprint density at radius 3 is 2.31 bits per heavy atom. The van der Waals surface area contributed by atoms with Gasteiger partial charge in [-0.1, -0.05) is 38.5 Å². The van der Waals surface area contributed by atoms with Crippen LogP contribution in [0, 0.1) is 0 Å². The molecule has 1 saturated heterocycles. The lowest BCUT2D eigenvalue weighted by atomic mass is 10.0. The number of carbonyl (C=O) groups excluding carboxylic acids is 1. The van der Waals surface area contributed by atoms with Crippen LogP contribution in [0.15, 0.2) is 47.4 Å². The number of methoxy groups -OCH3 is 1. The fourth-order valence-corrected chi connectivity index (χ4v) is 6.69. The Labute approximate surface area is 208 Å². The smallest absolute Gasteiger partial charge is 0.246 e. The first-order valence-electron chi connectivity index (χ1n) is 11.5. The molecule has 1 heterocycles. The average Bonchev–Trinajstić information content (AvgIpc) is 2.82. The van der Waals surface area contributed by atoms with Gasteiger partial charge in [0.15, 0.2) is 0 Å². The molecule has 1 amide bonds. The number of sulfonamides is 2. The van der Waals surface area contributed by atoms with Crippen molar-refractivity contribution in [3.05, 3.63) is 48.0 Å². The maximum Gasteiger partial charge on any atom is 0.246 e. The van der Waals surface area contributed by atoms with Crippen molar-refractivity contribution >= 4 is 37.3 Å². The van der Waals surface area contributed by atoms with Crippen molar-refractivity contribution in [2.45, 2.75) is 43.9 Å². The number of hydrogen-bond acceptors (Lipinski definition) is 6. The molecule has 0 saturated carbocycles. The minimum atomic E-state index is -3.82. The van der Waals surface area contributed by atoms with Crippen molar-refractivity contribution in [1.82, 2.24) is 4.31 Å². The quantitative estimate of drug-likeness (QED) is 0.539. The van der Waals surface area contributed by atoms with Gasteiger partial charge in [-0.05, 0) is 48.6 Å². The first-order chi connectivity index (χ1) is 16.4. The number of rotatable bonds is 9. The summed E-state index contributed by atoms with van der Waals surface area (Å²) in [6.07, 6.45) is 3.61. The zero-order valence-corrected chi connectivity index (χ0v) is 22.2. The van der Waals surface area contributed by atoms with Crippen LogP contribution in [0.5, 0.6) is 5.75 Å². The highest BCUT2D eigenvalue weighted by Gasteiger charge is 2.30. The van der Waals surface area contributed by atoms with Gasteiger partial charge in [0.2, 0.25) is 26.0 Å². The molecule has 1 aliphatic heterocycles. The van der Waals surface area contributed by atoms with Crippen molar-refractivity contribution in [3.63, 3.8) is 0 Å². The highest BCUT2D eigenvalue weighted by atomic mass is 32.2. The van der Waals surface area contributed by atoms with Crippen molar-refractivity contribution in [1.29, 1.82) is 0 Å². The molecule has 0 unspecified atom stereocenters. The van der Waals surface area contributed by atoms with Gasteiger partial charge < -0.3 is 10.1 Å². The van der Waals surface area contributed by atoms with Crippen molar-refractivity contribution in [2.24, 2.45) is 0 Å². The van der Waals surface area contributed by atoms with Gasteiger partial charge in [0.25, 0.3) is 0 Å². The van der Waals surface area contributed by atoms with Crippen molar-refractivity contribution in [3.8, 4) is 5.75 Å². The van der Waals surface area contributed by atoms with E-state index in [1.807, 2.05) is 26.0 Å². The molecule has 0 atom stereocenters. The fraction of sp³-hybridized carbons (Fsp3) is 0.458. The van der Waals surface area contributed by atoms with Crippen LogP contribution in [0.25, 0.3) is 0 Å². The molecule has 11 heteroatoms. The van der Waals surface area contributed by atoms with Crippen LogP contribution in [0.1, 0.15) is 44.6 Å². The van der Waals surface area contributed by atoms with E-state index < -0.39 is 32.5 Å². The molecule has 0 aliphatic carbocycles. The summed E-state index contributed by atoms with van der Waals surface area (Å²) in [7, 11) is -6.20. The predicted molar refractivity (Wildman–Crippen MR) is 137 cm³/mol. The Morgan fingerprint density at radius 1 is 1.06 bits per heavy atom. The van der Waals surface area contributed by atoms with Gasteiger partial charge in [-0.3, -0.25) is 9.10 Å². The lowest BCUT2D eigenvalue weighted by Crippen LogP contribution is -2.38. The maximum atomic E-state index is 13.2. The zero-order chi connectivity index (χ0) is 25.8. The summed E-state index contributed by atoms with van der Waals surface area (Å²) in [5, 5.41) is 2.65. The Hall–Kier alpha value is -2.63. The van der Waals surface area contributed by atoms with E-state index >= 15 is 0 Å². The summed E-state index contributed by atoms with van der Waals surface area (Å²) in [5.74, 6) is -0.375. The number of para-hydroxylation sites is 1. The molecule has 35 heavy (non-hydrogen) atoms. The van der Waals surface area contributed by atoms with Crippen LogP contribution in [-0.4, -0.2) is 60.0 Å². The van der Waals surface area contributed by atoms with Crippen molar-refractivity contribution in [2.75, 3.05) is 42.6 Å². The summed E-state index contributed by atoms with van der Waals surface area (Å²) < 4.78 is 59.4. The average molecular weight is 524 g/mol. The Balaban J connectivity index is 1.88. The molecule has 2 aromatic carbocycles. The van der Waals surface area contributed by atoms with Crippen LogP contribution in [0.3, 0.4) is 0 Å². The standard InChI is InChI=1S/C24H33N3O6S2/c1-18(2)20-10-6-7-11-21(20)27(34(4,29)30)17-24(28)25-19-12-13-22(33-3)23(16-19)35(31,32)26-14-8-5-9-15-26/h6-7,10-13,16,18H,5,8-9,14-15,17H2,1-4H3,(H,25,28). The molecule has 0 aromatic heterocycles. The number of anilines is 2. The second-order valence-electron chi connectivity index (χ2n) is 8.86. The minimum Gasteiger partial charge on any atom is -0.495 e. The molecule has 1 N–H and O–H groups in total. The number of piperidine rings is 1. The number of carbonyl (C=O) groups is 1. The van der Waals surface area contributed by atoms with Gasteiger partial charge >= 0.3 is 0 Å². The molecule has 2 aromatic rings. The van der Waals surface area contributed by atoms with Crippen LogP contribution in [0.4, 0.5) is 11.4 Å². The molecule has 1 fully saturated rings. The third-order valence-corrected chi connectivity index (χ3v) is 8.94. The number of hydrogen-bond donors (Lipinski definition) is 1. The summed E-state index contributed by atoms with van der Waals surface area (Å²) in [4.78, 5) is 12.9. The molecule has 0 radical (unpaired) electrons. The maximum absolute atomic E-state index is 13.2. The van der Waals surface area contributed by atoms with Gasteiger partial charge in [0.1, 0.15) is 17.2 Å². The summed E-state index contributed by atoms with van der Waals surface area (Å²) >= 11 is 0. The van der Waals surface area contributed by atoms with E-state index in [0.717, 1.165) is 35.4 Å². The number of amides is 1. The van der Waals surface area contributed by atoms with Crippen LogP contribution in [0.2, 0.25) is 0 Å². The van der Waals surface area contributed by atoms with E-state index in [4.69, 9.17) is 4.74 Å². The highest BCUT2D eigenvalue weighted by Crippen LogP contribution is 2.32. The van der Waals surface area contributed by atoms with Gasteiger partial charge in [-0.15, -0.1) is 0 Å². The summed E-state index contributed by atoms with van der Waals surface area (Å²) in [6, 6.07) is 11.4. The fourth-order valence-electron chi connectivity index (χ4n) is 4.12. The topological polar surface area (TPSA) is 113 Å². The second-order valence-corrected chi connectivity index (χ2v) is 12.7. The molecule has 3 rings (SSSR count). The number of ether oxygens (including phenoxy) is 1. The molecule has 0 bridgehead atoms. The van der Waals surface area contributed by atoms with E-state index in [0.29, 0.717) is 18.8 Å². The SMILES string of the molecule is COc1ccc(NC(=O)CN(c2ccccc2C(C)C)S(C)(=O)=O)cc1S(=O)(=O)N1CCCCC1. The molecule has 9 nitrogen and oxygen atoms in total. The van der Waals surface area contributed by atoms with Gasteiger partial charge in [-0.25, -0.2) is 16.8 Å². The van der Waals surface area contributed by atoms with Gasteiger partial charge in [0.05, 0.1) is 19.1 Å². The Kier molecular flexibility index (Phi) is 8.45. The molecule has 192 valence electrons. The number of nitrogens with zero attached hydrogens (tertiary/aromatic N) is 2. The predicted octanol–water partition coefficient (Wildman–Crippen LogP) is 3.40. The molecule has 1 aliphatic rings. The molecule has 0 spiro atoms. The number of benzene rings is 2. The first kappa shape index (κ1) is 27.0. The normalized spacial score (nSPS) is 15.1. The lowest BCUT2D eigenvalue weighted by molar-refractivity contribution is -0.114. The van der Waals surface area contributed by atoms with Crippen LogP contribution in [-0.2, 0) is 24.8 Å². The Bertz CT molecular complexity index is 1270. The van der Waals surface area contributed by atoms with E-state index in [-0.39, 0.29) is 22.3 Å². The second kappa shape index (κ2) is 11.0. The monoisotopic (exact) mass is 523 g/mol. The summed E-state index contributed by atoms with van der Waals surface area (Å²) in [6.45, 7) is 4.30. The van der Waals surface area contributed by atoms with Gasteiger partial charge in [0, 0.05) is 18.8 Å². The number of nitrogens with one attached hydrogen (secondary N) is 1. The van der Waals surface area contributed by atoms with Crippen LogP contribution < -0.4 is 14.4 Å². The van der Waals surface area contributed by atoms with E-state index in [1.165, 1.54) is 29.6 Å². The van der Waals surface area contributed by atoms with Crippen LogP contribution >= 0.6 is 0 Å². The first-order valence-corrected chi connectivity index (χ1v) is 14.8. The molecular weight excluding hydrogens is 490 g/mol. The summed E-state index contributed by atoms with van der Waals surface area (Å²) in [5.41, 5.74) is 1.46. The minimum absolute atomic E-state index is 0.0372. The van der Waals surface area contributed by atoms with Gasteiger partial charge in [-0.2, -0.15) is 4.31 Å². The third kappa shape index (κ3) is 6.33. The molecular formula is C24H33N3O6S2. The Morgan fingerprint density at radius 2 is 1.71 bits per heavy atom. The largest absolute Gasteiger partial charge is 0.495 e. The van der Waals surface area contributed by atoms with Crippen molar-refractivity contribution < 1.29 is 26.4 Å². The van der Waals surface area contributed by atoms with E-state index in [1.54, 1.807) is 12.1 Å². The highest BCUT2D eigenvalue weighted by molar-refractivity contribution is 7.92. The van der Waals surface area contributed by atoms with E-state index in [2.05, 4.69) is 5.32 Å². The lowest BCUT2D eigenvalue weighted by Gasteiger charge is -2.27.